The Labute approximate surface area is 65.8 Å². The van der Waals surface area contributed by atoms with Crippen molar-refractivity contribution in [3.05, 3.63) is 24.3 Å². The topological polar surface area (TPSA) is 17.1 Å². The highest BCUT2D eigenvalue weighted by Gasteiger charge is 2.30. The Morgan fingerprint density at radius 2 is 2.22 bits per heavy atom. The molecule has 9 heavy (non-hydrogen) atoms. The number of ketones is 1. The molecule has 1 rings (SSSR count). The molecule has 1 atom stereocenters. The summed E-state index contributed by atoms with van der Waals surface area (Å²) < 4.78 is 11.0. The third kappa shape index (κ3) is 1.38. The maximum atomic E-state index is 12.8. The molecule has 0 heterocycles. The quantitative estimate of drug-likeness (QED) is 0.464. The van der Waals surface area contributed by atoms with Crippen molar-refractivity contribution in [2.24, 2.45) is 0 Å². The van der Waals surface area contributed by atoms with Crippen LogP contribution in [0.3, 0.4) is 0 Å². The fourth-order valence-corrected chi connectivity index (χ4v) is 0.900. The van der Waals surface area contributed by atoms with E-state index in [1.54, 1.807) is 0 Å². The molecule has 3 heteroatoms. The van der Waals surface area contributed by atoms with E-state index in [2.05, 4.69) is 0 Å². The highest BCUT2D eigenvalue weighted by Crippen LogP contribution is 2.26. The first-order valence-corrected chi connectivity index (χ1v) is 3.49. The predicted molar refractivity (Wildman–Crippen MR) is 41.1 cm³/mol. The van der Waals surface area contributed by atoms with E-state index in [1.807, 2.05) is 0 Å². The van der Waals surface area contributed by atoms with Crippen molar-refractivity contribution in [3.63, 3.8) is 0 Å². The van der Waals surface area contributed by atoms with Crippen LogP contribution in [-0.2, 0) is 4.79 Å². The van der Waals surface area contributed by atoms with Gasteiger partial charge in [0.15, 0.2) is 0 Å². The zero-order valence-electron chi connectivity index (χ0n) is 4.47. The highest BCUT2D eigenvalue weighted by molar-refractivity contribution is 14.1. The highest BCUT2D eigenvalue weighted by atomic mass is 127. The van der Waals surface area contributed by atoms with Crippen molar-refractivity contribution in [1.29, 1.82) is 0 Å². The fraction of sp³-hybridized carbons (Fsp3) is 0.167. The van der Waals surface area contributed by atoms with E-state index in [1.165, 1.54) is 46.9 Å². The molecular weight excluding hydrogens is 234 g/mol. The Morgan fingerprint density at radius 1 is 1.56 bits per heavy atom. The molecule has 1 nitrogen and oxygen atoms in total. The molecule has 0 aromatic heterocycles. The molecule has 1 unspecified atom stereocenters. The number of allylic oxidation sites excluding steroid dienone is 4. The van der Waals surface area contributed by atoms with Crippen LogP contribution in [0.4, 0.5) is 4.39 Å². The van der Waals surface area contributed by atoms with Crippen LogP contribution in [0.15, 0.2) is 24.3 Å². The monoisotopic (exact) mass is 238 g/mol. The normalized spacial score (nSPS) is 33.3. The van der Waals surface area contributed by atoms with Gasteiger partial charge in [-0.1, -0.05) is 12.2 Å². The second-order valence-corrected chi connectivity index (χ2v) is 3.28. The molecule has 0 aliphatic heterocycles. The lowest BCUT2D eigenvalue weighted by atomic mass is 10.1. The van der Waals surface area contributed by atoms with Crippen molar-refractivity contribution >= 4 is 28.4 Å². The standard InChI is InChI=1S/C6H4FIO/c7-6(8)4-2-1-3-5(6)9/h1-4H. The molecule has 0 radical (unpaired) electrons. The van der Waals surface area contributed by atoms with Crippen LogP contribution in [0.1, 0.15) is 0 Å². The first-order valence-electron chi connectivity index (χ1n) is 2.41. The summed E-state index contributed by atoms with van der Waals surface area (Å²) in [5.41, 5.74) is 0. The largest absolute Gasteiger partial charge is 0.290 e. The van der Waals surface area contributed by atoms with E-state index in [0.717, 1.165) is 0 Å². The van der Waals surface area contributed by atoms with Gasteiger partial charge in [-0.05, 0) is 34.7 Å². The molecule has 0 amide bonds. The van der Waals surface area contributed by atoms with Gasteiger partial charge in [-0.25, -0.2) is 4.39 Å². The van der Waals surface area contributed by atoms with Gasteiger partial charge >= 0.3 is 0 Å². The molecule has 0 fully saturated rings. The molecule has 0 spiro atoms. The summed E-state index contributed by atoms with van der Waals surface area (Å²) in [6, 6.07) is 0. The van der Waals surface area contributed by atoms with E-state index in [-0.39, 0.29) is 0 Å². The van der Waals surface area contributed by atoms with E-state index in [9.17, 15) is 9.18 Å². The van der Waals surface area contributed by atoms with Crippen molar-refractivity contribution in [3.8, 4) is 0 Å². The zero-order chi connectivity index (χ0) is 6.91. The van der Waals surface area contributed by atoms with Gasteiger partial charge in [0.25, 0.3) is 0 Å². The van der Waals surface area contributed by atoms with E-state index < -0.39 is 9.46 Å². The summed E-state index contributed by atoms with van der Waals surface area (Å²) in [6.07, 6.45) is 5.51. The smallest absolute Gasteiger partial charge is 0.240 e. The Hall–Kier alpha value is -0.190. The molecule has 1 aliphatic rings. The number of carbonyl (C=O) groups excluding carboxylic acids is 1. The average Bonchev–Trinajstić information content (AvgIpc) is 1.77. The van der Waals surface area contributed by atoms with E-state index in [4.69, 9.17) is 0 Å². The van der Waals surface area contributed by atoms with Crippen molar-refractivity contribution in [2.75, 3.05) is 0 Å². The first-order chi connectivity index (χ1) is 4.13. The molecule has 0 bridgehead atoms. The minimum absolute atomic E-state index is 0.495. The first kappa shape index (κ1) is 6.92. The lowest BCUT2D eigenvalue weighted by molar-refractivity contribution is -0.118. The van der Waals surface area contributed by atoms with E-state index >= 15 is 0 Å². The van der Waals surface area contributed by atoms with Crippen LogP contribution >= 0.6 is 22.6 Å². The van der Waals surface area contributed by atoms with E-state index in [0.29, 0.717) is 0 Å². The van der Waals surface area contributed by atoms with Crippen LogP contribution in [0.2, 0.25) is 0 Å². The molecule has 0 saturated heterocycles. The summed E-state index contributed by atoms with van der Waals surface area (Å²) in [7, 11) is 0. The summed E-state index contributed by atoms with van der Waals surface area (Å²) in [4.78, 5) is 10.6. The lowest BCUT2D eigenvalue weighted by Crippen LogP contribution is -2.22. The Morgan fingerprint density at radius 3 is 2.56 bits per heavy atom. The Bertz CT molecular complexity index is 193. The molecule has 1 aliphatic carbocycles. The summed E-state index contributed by atoms with van der Waals surface area (Å²) in [5.74, 6) is -0.495. The van der Waals surface area contributed by atoms with Crippen LogP contribution in [0, 0.1) is 0 Å². The molecule has 0 aromatic carbocycles. The molecule has 48 valence electrons. The van der Waals surface area contributed by atoms with Crippen LogP contribution in [0.25, 0.3) is 0 Å². The fourth-order valence-electron chi connectivity index (χ4n) is 0.513. The lowest BCUT2D eigenvalue weighted by Gasteiger charge is -2.10. The molecular formula is C6H4FIO. The summed E-state index contributed by atoms with van der Waals surface area (Å²) in [6.45, 7) is 0. The van der Waals surface area contributed by atoms with Gasteiger partial charge in [-0.3, -0.25) is 4.79 Å². The maximum Gasteiger partial charge on any atom is 0.240 e. The Balaban J connectivity index is 2.91. The number of hydrogen-bond acceptors (Lipinski definition) is 1. The number of carbonyl (C=O) groups is 1. The predicted octanol–water partition coefficient (Wildman–Crippen LogP) is 1.78. The third-order valence-electron chi connectivity index (χ3n) is 0.993. The molecule has 0 N–H and O–H groups in total. The number of hydrogen-bond donors (Lipinski definition) is 0. The van der Waals surface area contributed by atoms with Gasteiger partial charge in [0, 0.05) is 0 Å². The third-order valence-corrected chi connectivity index (χ3v) is 1.88. The van der Waals surface area contributed by atoms with Gasteiger partial charge in [-0.2, -0.15) is 0 Å². The van der Waals surface area contributed by atoms with Gasteiger partial charge in [0.05, 0.1) is 0 Å². The van der Waals surface area contributed by atoms with Gasteiger partial charge in [-0.15, -0.1) is 0 Å². The van der Waals surface area contributed by atoms with Crippen LogP contribution in [0.5, 0.6) is 0 Å². The van der Waals surface area contributed by atoms with Crippen molar-refractivity contribution < 1.29 is 9.18 Å². The average molecular weight is 238 g/mol. The minimum atomic E-state index is -1.80. The summed E-state index contributed by atoms with van der Waals surface area (Å²) >= 11 is 1.46. The molecule has 0 saturated carbocycles. The van der Waals surface area contributed by atoms with Gasteiger partial charge < -0.3 is 0 Å². The van der Waals surface area contributed by atoms with Gasteiger partial charge in [0.2, 0.25) is 9.46 Å². The summed E-state index contributed by atoms with van der Waals surface area (Å²) in [5, 5.41) is 0. The number of alkyl halides is 2. The Kier molecular flexibility index (Phi) is 1.70. The van der Waals surface area contributed by atoms with Crippen LogP contribution in [-0.4, -0.2) is 9.46 Å². The SMILES string of the molecule is O=C1C=CC=CC1(F)I. The van der Waals surface area contributed by atoms with Crippen molar-refractivity contribution in [2.45, 2.75) is 3.68 Å². The molecule has 0 aromatic rings. The second-order valence-electron chi connectivity index (χ2n) is 1.71. The second kappa shape index (κ2) is 2.21. The van der Waals surface area contributed by atoms with Crippen LogP contribution < -0.4 is 0 Å². The minimum Gasteiger partial charge on any atom is -0.290 e. The van der Waals surface area contributed by atoms with Gasteiger partial charge in [0.1, 0.15) is 0 Å². The number of rotatable bonds is 0. The zero-order valence-corrected chi connectivity index (χ0v) is 6.63. The number of halogens is 2. The van der Waals surface area contributed by atoms with Crippen molar-refractivity contribution in [1.82, 2.24) is 0 Å². The maximum absolute atomic E-state index is 12.8.